The molecule has 1 saturated carbocycles. The third-order valence-electron chi connectivity index (χ3n) is 11.4. The fraction of sp³-hybridized carbons (Fsp3) is 0.275. The number of rotatable bonds is 6. The minimum atomic E-state index is -4.74. The highest BCUT2D eigenvalue weighted by Crippen LogP contribution is 2.64. The maximum absolute atomic E-state index is 15.2. The van der Waals surface area contributed by atoms with Gasteiger partial charge in [0.1, 0.15) is 5.75 Å². The molecule has 3 heterocycles. The normalized spacial score (nSPS) is 26.4. The summed E-state index contributed by atoms with van der Waals surface area (Å²) in [4.78, 5) is 63.5. The fourth-order valence-electron chi connectivity index (χ4n) is 8.96. The number of phenols is 1. The molecule has 4 amide bonds. The molecule has 0 spiro atoms. The lowest BCUT2D eigenvalue weighted by atomic mass is 9.49. The first-order valence-corrected chi connectivity index (χ1v) is 18.1. The molecule has 14 heteroatoms. The number of pyridine rings is 1. The summed E-state index contributed by atoms with van der Waals surface area (Å²) < 4.78 is 40.4. The van der Waals surface area contributed by atoms with Crippen molar-refractivity contribution >= 4 is 58.3 Å². The van der Waals surface area contributed by atoms with Gasteiger partial charge in [0.2, 0.25) is 11.8 Å². The van der Waals surface area contributed by atoms with Gasteiger partial charge < -0.3 is 5.11 Å². The number of carbonyl (C=O) groups is 4. The molecule has 3 aromatic carbocycles. The summed E-state index contributed by atoms with van der Waals surface area (Å²) in [6, 6.07) is 20.6. The van der Waals surface area contributed by atoms with E-state index in [1.165, 1.54) is 17.0 Å². The summed E-state index contributed by atoms with van der Waals surface area (Å²) >= 11 is 12.6. The largest absolute Gasteiger partial charge is 0.508 e. The van der Waals surface area contributed by atoms with Gasteiger partial charge >= 0.3 is 6.18 Å². The second-order valence-corrected chi connectivity index (χ2v) is 14.9. The van der Waals surface area contributed by atoms with Crippen molar-refractivity contribution in [2.45, 2.75) is 43.7 Å². The molecule has 3 fully saturated rings. The first-order chi connectivity index (χ1) is 25.7. The molecule has 54 heavy (non-hydrogen) atoms. The molecule has 2 aliphatic heterocycles. The third-order valence-corrected chi connectivity index (χ3v) is 11.9. The maximum atomic E-state index is 15.2. The first kappa shape index (κ1) is 35.8. The van der Waals surface area contributed by atoms with Crippen LogP contribution < -0.4 is 10.3 Å². The number of hydrazine groups is 1. The van der Waals surface area contributed by atoms with Gasteiger partial charge in [-0.3, -0.25) is 29.5 Å². The monoisotopic (exact) mass is 774 g/mol. The van der Waals surface area contributed by atoms with E-state index < -0.39 is 69.5 Å². The number of aryl methyl sites for hydroxylation is 1. The number of amides is 4. The van der Waals surface area contributed by atoms with E-state index in [0.29, 0.717) is 39.7 Å². The van der Waals surface area contributed by atoms with Crippen molar-refractivity contribution in [2.75, 3.05) is 10.3 Å². The Bertz CT molecular complexity index is 2250. The van der Waals surface area contributed by atoms with E-state index in [2.05, 4.69) is 10.4 Å². The number of imide groups is 2. The van der Waals surface area contributed by atoms with Crippen molar-refractivity contribution in [3.05, 3.63) is 129 Å². The van der Waals surface area contributed by atoms with E-state index in [1.54, 1.807) is 48.5 Å². The Hall–Kier alpha value is -5.20. The number of aromatic nitrogens is 1. The predicted molar refractivity (Wildman–Crippen MR) is 193 cm³/mol. The summed E-state index contributed by atoms with van der Waals surface area (Å²) in [5.41, 5.74) is 2.98. The maximum Gasteiger partial charge on any atom is 0.417 e. The van der Waals surface area contributed by atoms with Gasteiger partial charge in [-0.05, 0) is 84.3 Å². The van der Waals surface area contributed by atoms with Crippen molar-refractivity contribution in [1.29, 1.82) is 0 Å². The Morgan fingerprint density at radius 1 is 0.907 bits per heavy atom. The average Bonchev–Trinajstić information content (AvgIpc) is 3.53. The van der Waals surface area contributed by atoms with Crippen LogP contribution in [0.25, 0.3) is 0 Å². The fourth-order valence-corrected chi connectivity index (χ4v) is 9.29. The molecule has 6 atom stereocenters. The summed E-state index contributed by atoms with van der Waals surface area (Å²) in [5.74, 6) is -6.85. The molecule has 0 unspecified atom stereocenters. The van der Waals surface area contributed by atoms with Crippen LogP contribution in [0.2, 0.25) is 10.0 Å². The van der Waals surface area contributed by atoms with E-state index in [0.717, 1.165) is 17.0 Å². The molecule has 0 bridgehead atoms. The number of phenolic OH excluding ortho intramolecular Hbond substituents is 1. The number of carbonyl (C=O) groups excluding carboxylic acids is 4. The molecule has 1 aromatic heterocycles. The van der Waals surface area contributed by atoms with Gasteiger partial charge in [-0.1, -0.05) is 78.2 Å². The van der Waals surface area contributed by atoms with Crippen molar-refractivity contribution in [3.8, 4) is 5.75 Å². The van der Waals surface area contributed by atoms with Gasteiger partial charge in [-0.2, -0.15) is 18.2 Å². The SMILES string of the molecule is CCc1ccc(N2C(=O)[C@H]3[C@H](CC=C4[C@H]3C[C@H]3C(=O)N(Nc5ncc(C(F)(F)F)cc5Cl)C(=O)[C@@]3(c3ccc(Cl)cc3)[C@H]4c3ccc(O)cc3)C2=O)cc1. The molecular weight excluding hydrogens is 744 g/mol. The van der Waals surface area contributed by atoms with Crippen LogP contribution in [0.1, 0.15) is 47.9 Å². The van der Waals surface area contributed by atoms with E-state index in [1.807, 2.05) is 25.1 Å². The van der Waals surface area contributed by atoms with E-state index in [9.17, 15) is 32.7 Å². The smallest absolute Gasteiger partial charge is 0.417 e. The Kier molecular flexibility index (Phi) is 8.61. The number of hydrogen-bond donors (Lipinski definition) is 2. The topological polar surface area (TPSA) is 120 Å². The lowest BCUT2D eigenvalue weighted by Gasteiger charge is -2.50. The summed E-state index contributed by atoms with van der Waals surface area (Å²) in [7, 11) is 0. The zero-order valence-electron chi connectivity index (χ0n) is 28.5. The number of nitrogens with one attached hydrogen (secondary N) is 1. The Balaban J connectivity index is 1.28. The Labute approximate surface area is 317 Å². The summed E-state index contributed by atoms with van der Waals surface area (Å²) in [6.07, 6.45) is -1.33. The molecule has 2 N–H and O–H groups in total. The second kappa shape index (κ2) is 13.0. The van der Waals surface area contributed by atoms with Crippen molar-refractivity contribution in [3.63, 3.8) is 0 Å². The highest BCUT2D eigenvalue weighted by atomic mass is 35.5. The van der Waals surface area contributed by atoms with Gasteiger partial charge in [0, 0.05) is 17.1 Å². The molecule has 2 aliphatic carbocycles. The number of benzene rings is 3. The summed E-state index contributed by atoms with van der Waals surface area (Å²) in [6.45, 7) is 2.00. The van der Waals surface area contributed by atoms with E-state index in [4.69, 9.17) is 23.2 Å². The number of anilines is 2. The van der Waals surface area contributed by atoms with Crippen LogP contribution in [0.3, 0.4) is 0 Å². The van der Waals surface area contributed by atoms with Crippen LogP contribution in [0.15, 0.2) is 96.7 Å². The van der Waals surface area contributed by atoms with Gasteiger partial charge in [-0.15, -0.1) is 0 Å². The number of aromatic hydroxyl groups is 1. The standard InChI is InChI=1S/C40H31Cl2F3N4O5/c1-2-20-3-11-25(12-4-20)48-35(51)28-16-15-27-29(32(28)37(48)53)18-30-36(52)49(47-34-31(42)17-23(19-46-34)40(43,44)45)38(54)39(30,22-7-9-24(41)10-8-22)33(27)21-5-13-26(50)14-6-21/h3-15,17,19,28-30,32-33,50H,2,16,18H2,1H3,(H,46,47)/t28-,29+,30-,32-,33-,39+/m0/s1. The molecular formula is C40H31Cl2F3N4O5. The minimum Gasteiger partial charge on any atom is -0.508 e. The Morgan fingerprint density at radius 2 is 1.59 bits per heavy atom. The van der Waals surface area contributed by atoms with Crippen molar-refractivity contribution < 1.29 is 37.5 Å². The number of nitrogens with zero attached hydrogens (tertiary/aromatic N) is 3. The van der Waals surface area contributed by atoms with Crippen LogP contribution in [-0.4, -0.2) is 38.7 Å². The van der Waals surface area contributed by atoms with E-state index in [-0.39, 0.29) is 30.3 Å². The number of halogens is 5. The molecule has 8 rings (SSSR count). The van der Waals surface area contributed by atoms with Crippen LogP contribution >= 0.6 is 23.2 Å². The van der Waals surface area contributed by atoms with Gasteiger partial charge in [-0.25, -0.2) is 4.98 Å². The lowest BCUT2D eigenvalue weighted by Crippen LogP contribution is -2.53. The van der Waals surface area contributed by atoms with E-state index >= 15 is 4.79 Å². The molecule has 4 aromatic rings. The van der Waals surface area contributed by atoms with Crippen LogP contribution in [0.4, 0.5) is 24.7 Å². The predicted octanol–water partition coefficient (Wildman–Crippen LogP) is 7.86. The average molecular weight is 776 g/mol. The molecule has 0 radical (unpaired) electrons. The first-order valence-electron chi connectivity index (χ1n) is 17.3. The molecule has 4 aliphatic rings. The van der Waals surface area contributed by atoms with Crippen LogP contribution in [0, 0.1) is 23.7 Å². The van der Waals surface area contributed by atoms with Gasteiger partial charge in [0.25, 0.3) is 11.8 Å². The summed E-state index contributed by atoms with van der Waals surface area (Å²) in [5, 5.41) is 10.9. The molecule has 276 valence electrons. The number of fused-ring (bicyclic) bond motifs is 4. The molecule has 9 nitrogen and oxygen atoms in total. The second-order valence-electron chi connectivity index (χ2n) is 14.0. The lowest BCUT2D eigenvalue weighted by molar-refractivity contribution is -0.139. The third kappa shape index (κ3) is 5.40. The van der Waals surface area contributed by atoms with Crippen molar-refractivity contribution in [1.82, 2.24) is 9.99 Å². The Morgan fingerprint density at radius 3 is 2.22 bits per heavy atom. The number of hydrogen-bond acceptors (Lipinski definition) is 7. The van der Waals surface area contributed by atoms with Gasteiger partial charge in [0.05, 0.1) is 39.4 Å². The van der Waals surface area contributed by atoms with Crippen molar-refractivity contribution in [2.24, 2.45) is 23.7 Å². The molecule has 2 saturated heterocycles. The van der Waals surface area contributed by atoms with Gasteiger partial charge in [0.15, 0.2) is 5.82 Å². The quantitative estimate of drug-likeness (QED) is 0.151. The minimum absolute atomic E-state index is 0.0111. The highest BCUT2D eigenvalue weighted by Gasteiger charge is 2.70. The number of alkyl halides is 3. The van der Waals surface area contributed by atoms with Crippen LogP contribution in [0.5, 0.6) is 5.75 Å². The zero-order chi connectivity index (χ0) is 38.3. The zero-order valence-corrected chi connectivity index (χ0v) is 30.0. The number of allylic oxidation sites excluding steroid dienone is 2. The van der Waals surface area contributed by atoms with Crippen LogP contribution in [-0.2, 0) is 37.2 Å². The highest BCUT2D eigenvalue weighted by molar-refractivity contribution is 6.33.